The molecule has 2 heterocycles. The Bertz CT molecular complexity index is 859. The molecule has 0 fully saturated rings. The molecule has 0 amide bonds. The highest BCUT2D eigenvalue weighted by atomic mass is 32.1. The van der Waals surface area contributed by atoms with E-state index < -0.39 is 0 Å². The molecule has 26 heavy (non-hydrogen) atoms. The molecule has 0 saturated carbocycles. The van der Waals surface area contributed by atoms with Crippen molar-refractivity contribution >= 4 is 17.5 Å². The van der Waals surface area contributed by atoms with Crippen molar-refractivity contribution in [3.63, 3.8) is 0 Å². The maximum Gasteiger partial charge on any atom is 0.373 e. The van der Waals surface area contributed by atoms with E-state index in [2.05, 4.69) is 9.97 Å². The highest BCUT2D eigenvalue weighted by Crippen LogP contribution is 2.35. The number of aromatic nitrogens is 2. The molecule has 0 N–H and O–H groups in total. The van der Waals surface area contributed by atoms with Crippen molar-refractivity contribution in [1.82, 2.24) is 9.97 Å². The molecular formula is C19H18N2O4S. The zero-order chi connectivity index (χ0) is 18.8. The normalized spacial score (nSPS) is 9.62. The second kappa shape index (κ2) is 10.1. The van der Waals surface area contributed by atoms with E-state index in [0.717, 1.165) is 33.5 Å². The number of carbonyl (C=O) groups excluding carboxylic acids is 2. The van der Waals surface area contributed by atoms with Gasteiger partial charge in [-0.2, -0.15) is 9.59 Å². The number of nitrogens with zero attached hydrogens (tertiary/aromatic N) is 2. The van der Waals surface area contributed by atoms with Gasteiger partial charge in [-0.3, -0.25) is 4.98 Å². The van der Waals surface area contributed by atoms with E-state index in [-0.39, 0.29) is 6.15 Å². The number of pyridine rings is 1. The van der Waals surface area contributed by atoms with Gasteiger partial charge in [0.1, 0.15) is 10.7 Å². The lowest BCUT2D eigenvalue weighted by Crippen LogP contribution is -1.98. The summed E-state index contributed by atoms with van der Waals surface area (Å²) in [6, 6.07) is 11.8. The van der Waals surface area contributed by atoms with Gasteiger partial charge < -0.3 is 9.47 Å². The lowest BCUT2D eigenvalue weighted by Gasteiger charge is -2.11. The molecule has 134 valence electrons. The summed E-state index contributed by atoms with van der Waals surface area (Å²) in [5.41, 5.74) is 2.78. The summed E-state index contributed by atoms with van der Waals surface area (Å²) in [6.07, 6.45) is 2.03. The van der Waals surface area contributed by atoms with Crippen LogP contribution >= 0.6 is 11.3 Å². The van der Waals surface area contributed by atoms with Crippen LogP contribution < -0.4 is 9.47 Å². The maximum absolute atomic E-state index is 8.12. The van der Waals surface area contributed by atoms with Gasteiger partial charge in [-0.25, -0.2) is 4.98 Å². The van der Waals surface area contributed by atoms with Crippen LogP contribution in [0.2, 0.25) is 0 Å². The Morgan fingerprint density at radius 1 is 1.00 bits per heavy atom. The molecule has 0 radical (unpaired) electrons. The Balaban J connectivity index is 0.000000758. The lowest BCUT2D eigenvalue weighted by atomic mass is 10.2. The van der Waals surface area contributed by atoms with Crippen LogP contribution in [0.1, 0.15) is 13.8 Å². The number of ether oxygens (including phenoxy) is 2. The van der Waals surface area contributed by atoms with E-state index in [1.165, 1.54) is 0 Å². The molecule has 3 aromatic rings. The minimum Gasteiger partial charge on any atom is -0.490 e. The van der Waals surface area contributed by atoms with Crippen LogP contribution in [-0.2, 0) is 9.59 Å². The summed E-state index contributed by atoms with van der Waals surface area (Å²) in [6.45, 7) is 5.13. The van der Waals surface area contributed by atoms with E-state index in [9.17, 15) is 0 Å². The van der Waals surface area contributed by atoms with Gasteiger partial charge in [0.2, 0.25) is 0 Å². The molecule has 1 aromatic carbocycles. The fourth-order valence-electron chi connectivity index (χ4n) is 2.22. The monoisotopic (exact) mass is 370 g/mol. The minimum atomic E-state index is 0.250. The maximum atomic E-state index is 8.12. The first-order chi connectivity index (χ1) is 12.7. The zero-order valence-electron chi connectivity index (χ0n) is 14.5. The minimum absolute atomic E-state index is 0.250. The predicted octanol–water partition coefficient (Wildman–Crippen LogP) is 4.09. The molecule has 3 rings (SSSR count). The smallest absolute Gasteiger partial charge is 0.373 e. The molecule has 6 nitrogen and oxygen atoms in total. The third kappa shape index (κ3) is 4.99. The average molecular weight is 370 g/mol. The van der Waals surface area contributed by atoms with Crippen LogP contribution in [0.25, 0.3) is 22.0 Å². The Kier molecular flexibility index (Phi) is 7.49. The number of thiazole rings is 1. The Hall–Kier alpha value is -3.02. The number of benzene rings is 1. The third-order valence-electron chi connectivity index (χ3n) is 3.22. The largest absolute Gasteiger partial charge is 0.490 e. The van der Waals surface area contributed by atoms with Crippen LogP contribution in [0, 0.1) is 0 Å². The SMILES string of the molecule is CCOc1ccc(-c2nc(-c3ccccn3)cs2)cc1OCC.O=C=O. The number of hydrogen-bond donors (Lipinski definition) is 0. The average Bonchev–Trinajstić information content (AvgIpc) is 3.15. The molecule has 7 heteroatoms. The van der Waals surface area contributed by atoms with Gasteiger partial charge in [-0.05, 0) is 44.2 Å². The summed E-state index contributed by atoms with van der Waals surface area (Å²) in [5.74, 6) is 1.51. The van der Waals surface area contributed by atoms with Crippen molar-refractivity contribution in [1.29, 1.82) is 0 Å². The molecule has 0 aliphatic heterocycles. The third-order valence-corrected chi connectivity index (χ3v) is 4.11. The number of hydrogen-bond acceptors (Lipinski definition) is 7. The number of rotatable bonds is 6. The quantitative estimate of drug-likeness (QED) is 0.650. The van der Waals surface area contributed by atoms with Crippen LogP contribution in [-0.4, -0.2) is 29.3 Å². The fourth-order valence-corrected chi connectivity index (χ4v) is 3.03. The van der Waals surface area contributed by atoms with Gasteiger partial charge in [0.05, 0.1) is 18.9 Å². The van der Waals surface area contributed by atoms with E-state index in [0.29, 0.717) is 13.2 Å². The second-order valence-corrected chi connectivity index (χ2v) is 5.72. The van der Waals surface area contributed by atoms with E-state index in [4.69, 9.17) is 19.1 Å². The highest BCUT2D eigenvalue weighted by Gasteiger charge is 2.11. The lowest BCUT2D eigenvalue weighted by molar-refractivity contribution is -0.191. The van der Waals surface area contributed by atoms with E-state index >= 15 is 0 Å². The second-order valence-electron chi connectivity index (χ2n) is 4.86. The summed E-state index contributed by atoms with van der Waals surface area (Å²) < 4.78 is 11.3. The topological polar surface area (TPSA) is 78.4 Å². The zero-order valence-corrected chi connectivity index (χ0v) is 15.3. The van der Waals surface area contributed by atoms with E-state index in [1.807, 2.05) is 55.6 Å². The molecule has 0 aliphatic rings. The molecule has 0 aliphatic carbocycles. The Labute approximate surface area is 155 Å². The summed E-state index contributed by atoms with van der Waals surface area (Å²) >= 11 is 1.60. The molecule has 0 saturated heterocycles. The van der Waals surface area contributed by atoms with Crippen molar-refractivity contribution < 1.29 is 19.1 Å². The first-order valence-electron chi connectivity index (χ1n) is 7.99. The Morgan fingerprint density at radius 2 is 1.73 bits per heavy atom. The van der Waals surface area contributed by atoms with Crippen molar-refractivity contribution in [3.05, 3.63) is 48.0 Å². The molecule has 0 unspecified atom stereocenters. The van der Waals surface area contributed by atoms with Crippen LogP contribution in [0.15, 0.2) is 48.0 Å². The standard InChI is InChI=1S/C18H18N2O2S.CO2/c1-3-21-16-9-8-13(11-17(16)22-4-2)18-20-15(12-23-18)14-7-5-6-10-19-14;2-1-3/h5-12H,3-4H2,1-2H3;. The van der Waals surface area contributed by atoms with E-state index in [1.54, 1.807) is 17.5 Å². The summed E-state index contributed by atoms with van der Waals surface area (Å²) in [7, 11) is 0. The first-order valence-corrected chi connectivity index (χ1v) is 8.87. The van der Waals surface area contributed by atoms with Gasteiger partial charge in [-0.1, -0.05) is 6.07 Å². The molecule has 2 aromatic heterocycles. The Morgan fingerprint density at radius 3 is 2.38 bits per heavy atom. The predicted molar refractivity (Wildman–Crippen MR) is 98.1 cm³/mol. The van der Waals surface area contributed by atoms with Crippen molar-refractivity contribution in [2.75, 3.05) is 13.2 Å². The van der Waals surface area contributed by atoms with Crippen molar-refractivity contribution in [2.24, 2.45) is 0 Å². The molecule has 0 spiro atoms. The molecule has 0 bridgehead atoms. The van der Waals surface area contributed by atoms with Gasteiger partial charge >= 0.3 is 6.15 Å². The summed E-state index contributed by atoms with van der Waals surface area (Å²) in [4.78, 5) is 25.3. The van der Waals surface area contributed by atoms with Crippen LogP contribution in [0.3, 0.4) is 0 Å². The van der Waals surface area contributed by atoms with Crippen LogP contribution in [0.4, 0.5) is 0 Å². The summed E-state index contributed by atoms with van der Waals surface area (Å²) in [5, 5.41) is 2.96. The van der Waals surface area contributed by atoms with Crippen molar-refractivity contribution in [2.45, 2.75) is 13.8 Å². The van der Waals surface area contributed by atoms with Crippen LogP contribution in [0.5, 0.6) is 11.5 Å². The van der Waals surface area contributed by atoms with Gasteiger partial charge in [0.25, 0.3) is 0 Å². The fraction of sp³-hybridized carbons (Fsp3) is 0.211. The van der Waals surface area contributed by atoms with Gasteiger partial charge in [-0.15, -0.1) is 11.3 Å². The molecule has 0 atom stereocenters. The molecular weight excluding hydrogens is 352 g/mol. The van der Waals surface area contributed by atoms with Gasteiger partial charge in [0, 0.05) is 17.1 Å². The van der Waals surface area contributed by atoms with Gasteiger partial charge in [0.15, 0.2) is 11.5 Å². The van der Waals surface area contributed by atoms with Crippen molar-refractivity contribution in [3.8, 4) is 33.5 Å². The highest BCUT2D eigenvalue weighted by molar-refractivity contribution is 7.13. The first kappa shape index (κ1) is 19.3.